The molecule has 0 saturated carbocycles. The number of sulfonamides is 1. The highest BCUT2D eigenvalue weighted by molar-refractivity contribution is 7.92. The van der Waals surface area contributed by atoms with Gasteiger partial charge in [0.25, 0.3) is 10.0 Å². The van der Waals surface area contributed by atoms with Crippen LogP contribution in [-0.4, -0.2) is 20.0 Å². The second-order valence-electron chi connectivity index (χ2n) is 6.88. The predicted octanol–water partition coefficient (Wildman–Crippen LogP) is 5.99. The normalized spacial score (nSPS) is 11.3. The first-order valence-corrected chi connectivity index (χ1v) is 12.2. The van der Waals surface area contributed by atoms with E-state index >= 15 is 0 Å². The Morgan fingerprint density at radius 1 is 0.903 bits per heavy atom. The smallest absolute Gasteiger partial charge is 0.261 e. The molecule has 4 rings (SSSR count). The number of aromatic nitrogens is 1. The van der Waals surface area contributed by atoms with E-state index in [1.54, 1.807) is 35.6 Å². The van der Waals surface area contributed by atoms with Crippen LogP contribution >= 0.6 is 11.3 Å². The van der Waals surface area contributed by atoms with Crippen LogP contribution in [-0.2, 0) is 10.0 Å². The highest BCUT2D eigenvalue weighted by Gasteiger charge is 2.15. The number of ether oxygens (including phenoxy) is 1. The summed E-state index contributed by atoms with van der Waals surface area (Å²) >= 11 is 1.65. The molecular weight excluding hydrogens is 428 g/mol. The molecule has 158 valence electrons. The lowest BCUT2D eigenvalue weighted by Gasteiger charge is -2.10. The number of nitrogens with one attached hydrogen (secondary N) is 1. The average molecular weight is 451 g/mol. The molecule has 4 aromatic rings. The van der Waals surface area contributed by atoms with Gasteiger partial charge in [0, 0.05) is 21.7 Å². The van der Waals surface area contributed by atoms with E-state index in [4.69, 9.17) is 9.72 Å². The van der Waals surface area contributed by atoms with Crippen molar-refractivity contribution in [3.63, 3.8) is 0 Å². The zero-order valence-corrected chi connectivity index (χ0v) is 18.8. The number of thiazole rings is 1. The molecule has 3 aromatic carbocycles. The molecule has 7 heteroatoms. The summed E-state index contributed by atoms with van der Waals surface area (Å²) in [4.78, 5) is 6.09. The minimum atomic E-state index is -3.68. The fourth-order valence-corrected chi connectivity index (χ4v) is 5.16. The minimum absolute atomic E-state index is 0.183. The Bertz CT molecular complexity index is 1260. The molecule has 0 amide bonds. The van der Waals surface area contributed by atoms with Crippen molar-refractivity contribution in [2.24, 2.45) is 0 Å². The lowest BCUT2D eigenvalue weighted by Crippen LogP contribution is -2.12. The second kappa shape index (κ2) is 8.91. The van der Waals surface area contributed by atoms with E-state index in [1.807, 2.05) is 56.3 Å². The van der Waals surface area contributed by atoms with Crippen molar-refractivity contribution in [1.29, 1.82) is 0 Å². The van der Waals surface area contributed by atoms with Gasteiger partial charge in [-0.25, -0.2) is 13.4 Å². The maximum Gasteiger partial charge on any atom is 0.261 e. The molecule has 0 atom stereocenters. The van der Waals surface area contributed by atoms with E-state index < -0.39 is 10.0 Å². The van der Waals surface area contributed by atoms with Crippen molar-refractivity contribution in [3.05, 3.63) is 83.7 Å². The number of benzene rings is 3. The zero-order valence-electron chi connectivity index (χ0n) is 17.2. The highest BCUT2D eigenvalue weighted by atomic mass is 32.2. The van der Waals surface area contributed by atoms with E-state index in [2.05, 4.69) is 4.72 Å². The Morgan fingerprint density at radius 2 is 1.58 bits per heavy atom. The maximum atomic E-state index is 12.7. The van der Waals surface area contributed by atoms with E-state index in [9.17, 15) is 8.42 Å². The summed E-state index contributed by atoms with van der Waals surface area (Å²) < 4.78 is 33.3. The Kier molecular flexibility index (Phi) is 6.06. The van der Waals surface area contributed by atoms with Gasteiger partial charge >= 0.3 is 0 Å². The standard InChI is InChI=1S/C24H22N2O3S2/c1-3-29-21-13-15-22(16-14-21)31(27,28)26-20-11-9-18(10-12-20)23-17(2)30-24(25-23)19-7-5-4-6-8-19/h4-16,26H,3H2,1-2H3. The Hall–Kier alpha value is -3.16. The summed E-state index contributed by atoms with van der Waals surface area (Å²) in [6.07, 6.45) is 0. The second-order valence-corrected chi connectivity index (χ2v) is 9.76. The number of hydrogen-bond donors (Lipinski definition) is 1. The van der Waals surface area contributed by atoms with Crippen LogP contribution in [0.5, 0.6) is 5.75 Å². The molecule has 0 aliphatic rings. The molecule has 1 aromatic heterocycles. The largest absolute Gasteiger partial charge is 0.494 e. The quantitative estimate of drug-likeness (QED) is 0.376. The number of anilines is 1. The van der Waals surface area contributed by atoms with E-state index in [0.717, 1.165) is 26.7 Å². The van der Waals surface area contributed by atoms with Gasteiger partial charge in [0.1, 0.15) is 10.8 Å². The van der Waals surface area contributed by atoms with Crippen molar-refractivity contribution in [2.45, 2.75) is 18.7 Å². The topological polar surface area (TPSA) is 68.3 Å². The van der Waals surface area contributed by atoms with Gasteiger partial charge in [0.15, 0.2) is 0 Å². The van der Waals surface area contributed by atoms with E-state index in [-0.39, 0.29) is 4.90 Å². The number of nitrogens with zero attached hydrogens (tertiary/aromatic N) is 1. The van der Waals surface area contributed by atoms with Crippen LogP contribution in [0.15, 0.2) is 83.8 Å². The summed E-state index contributed by atoms with van der Waals surface area (Å²) in [5.41, 5.74) is 3.43. The Morgan fingerprint density at radius 3 is 2.23 bits per heavy atom. The summed E-state index contributed by atoms with van der Waals surface area (Å²) in [5, 5.41) is 0.966. The maximum absolute atomic E-state index is 12.7. The van der Waals surface area contributed by atoms with Crippen LogP contribution in [0.25, 0.3) is 21.8 Å². The van der Waals surface area contributed by atoms with Crippen LogP contribution < -0.4 is 9.46 Å². The Labute approximate surface area is 186 Å². The predicted molar refractivity (Wildman–Crippen MR) is 126 cm³/mol. The van der Waals surface area contributed by atoms with Crippen LogP contribution in [0.1, 0.15) is 11.8 Å². The van der Waals surface area contributed by atoms with Gasteiger partial charge in [0.05, 0.1) is 17.2 Å². The van der Waals surface area contributed by atoms with Crippen LogP contribution in [0.4, 0.5) is 5.69 Å². The van der Waals surface area contributed by atoms with Crippen molar-refractivity contribution in [1.82, 2.24) is 4.98 Å². The lowest BCUT2D eigenvalue weighted by molar-refractivity contribution is 0.340. The van der Waals surface area contributed by atoms with Crippen LogP contribution in [0.2, 0.25) is 0 Å². The molecule has 0 unspecified atom stereocenters. The third-order valence-electron chi connectivity index (χ3n) is 4.67. The summed E-state index contributed by atoms with van der Waals surface area (Å²) in [5.74, 6) is 0.638. The summed E-state index contributed by atoms with van der Waals surface area (Å²) in [6, 6.07) is 23.7. The monoisotopic (exact) mass is 450 g/mol. The van der Waals surface area contributed by atoms with Crippen LogP contribution in [0.3, 0.4) is 0 Å². The summed E-state index contributed by atoms with van der Waals surface area (Å²) in [6.45, 7) is 4.45. The first-order valence-electron chi connectivity index (χ1n) is 9.85. The van der Waals surface area contributed by atoms with Gasteiger partial charge in [-0.2, -0.15) is 0 Å². The number of hydrogen-bond acceptors (Lipinski definition) is 5. The molecule has 0 saturated heterocycles. The first kappa shape index (κ1) is 21.1. The van der Waals surface area contributed by atoms with Gasteiger partial charge in [-0.3, -0.25) is 4.72 Å². The highest BCUT2D eigenvalue weighted by Crippen LogP contribution is 2.33. The number of rotatable bonds is 7. The Balaban J connectivity index is 1.53. The molecule has 1 heterocycles. The van der Waals surface area contributed by atoms with Crippen molar-refractivity contribution in [2.75, 3.05) is 11.3 Å². The van der Waals surface area contributed by atoms with Crippen molar-refractivity contribution < 1.29 is 13.2 Å². The molecule has 0 fully saturated rings. The third-order valence-corrected chi connectivity index (χ3v) is 7.09. The van der Waals surface area contributed by atoms with Crippen molar-refractivity contribution >= 4 is 27.0 Å². The zero-order chi connectivity index (χ0) is 21.8. The fraction of sp³-hybridized carbons (Fsp3) is 0.125. The molecule has 0 bridgehead atoms. The van der Waals surface area contributed by atoms with Gasteiger partial charge < -0.3 is 4.74 Å². The SMILES string of the molecule is CCOc1ccc(S(=O)(=O)Nc2ccc(-c3nc(-c4ccccc4)sc3C)cc2)cc1. The molecule has 1 N–H and O–H groups in total. The third kappa shape index (κ3) is 4.78. The van der Waals surface area contributed by atoms with Crippen molar-refractivity contribution in [3.8, 4) is 27.6 Å². The molecule has 0 aliphatic heterocycles. The van der Waals surface area contributed by atoms with Gasteiger partial charge in [-0.05, 0) is 50.2 Å². The van der Waals surface area contributed by atoms with E-state index in [0.29, 0.717) is 18.0 Å². The minimum Gasteiger partial charge on any atom is -0.494 e. The van der Waals surface area contributed by atoms with Gasteiger partial charge in [-0.1, -0.05) is 42.5 Å². The van der Waals surface area contributed by atoms with Gasteiger partial charge in [0.2, 0.25) is 0 Å². The first-order chi connectivity index (χ1) is 15.0. The lowest BCUT2D eigenvalue weighted by atomic mass is 10.1. The van der Waals surface area contributed by atoms with Gasteiger partial charge in [-0.15, -0.1) is 11.3 Å². The molecular formula is C24H22N2O3S2. The molecule has 0 aliphatic carbocycles. The average Bonchev–Trinajstić information content (AvgIpc) is 3.17. The van der Waals surface area contributed by atoms with E-state index in [1.165, 1.54) is 12.1 Å². The molecule has 31 heavy (non-hydrogen) atoms. The number of aryl methyl sites for hydroxylation is 1. The van der Waals surface area contributed by atoms with Crippen LogP contribution in [0, 0.1) is 6.92 Å². The fourth-order valence-electron chi connectivity index (χ4n) is 3.16. The molecule has 0 spiro atoms. The molecule has 0 radical (unpaired) electrons. The summed E-state index contributed by atoms with van der Waals surface area (Å²) in [7, 11) is -3.68. The molecule has 5 nitrogen and oxygen atoms in total.